The number of aryl methyl sites for hydroxylation is 4. The zero-order chi connectivity index (χ0) is 24.9. The predicted octanol–water partition coefficient (Wildman–Crippen LogP) is 4.82. The van der Waals surface area contributed by atoms with E-state index in [9.17, 15) is 13.2 Å². The average molecular weight is 476 g/mol. The maximum Gasteiger partial charge on any atom is 0.244 e. The van der Waals surface area contributed by atoms with Crippen molar-refractivity contribution in [2.24, 2.45) is 0 Å². The molecule has 3 rings (SSSR count). The minimum atomic E-state index is -3.95. The third-order valence-corrected chi connectivity index (χ3v) is 7.62. The highest BCUT2D eigenvalue weighted by atomic mass is 32.2. The molecule has 0 aromatic heterocycles. The van der Waals surface area contributed by atoms with Crippen molar-refractivity contribution >= 4 is 21.6 Å². The van der Waals surface area contributed by atoms with Gasteiger partial charge in [0, 0.05) is 12.2 Å². The van der Waals surface area contributed by atoms with E-state index < -0.39 is 15.9 Å². The van der Waals surface area contributed by atoms with E-state index in [1.54, 1.807) is 38.1 Å². The Morgan fingerprint density at radius 3 is 2.00 bits per heavy atom. The number of amides is 1. The topological polar surface area (TPSA) is 90.3 Å². The van der Waals surface area contributed by atoms with Gasteiger partial charge >= 0.3 is 0 Å². The van der Waals surface area contributed by atoms with Crippen LogP contribution in [0.2, 0.25) is 0 Å². The van der Waals surface area contributed by atoms with Crippen LogP contribution in [-0.4, -0.2) is 25.2 Å². The molecule has 3 aromatic rings. The molecule has 0 saturated carbocycles. The smallest absolute Gasteiger partial charge is 0.244 e. The number of carbonyl (C=O) groups is 1. The van der Waals surface area contributed by atoms with Crippen molar-refractivity contribution in [2.75, 3.05) is 11.9 Å². The van der Waals surface area contributed by atoms with Crippen molar-refractivity contribution in [3.8, 4) is 6.07 Å². The van der Waals surface area contributed by atoms with Gasteiger partial charge in [-0.25, -0.2) is 8.42 Å². The van der Waals surface area contributed by atoms with Crippen LogP contribution in [0, 0.1) is 39.0 Å². The fourth-order valence-electron chi connectivity index (χ4n) is 3.98. The highest BCUT2D eigenvalue weighted by molar-refractivity contribution is 7.89. The summed E-state index contributed by atoms with van der Waals surface area (Å²) in [6.07, 6.45) is 0.284. The number of anilines is 1. The van der Waals surface area contributed by atoms with Gasteiger partial charge in [0.15, 0.2) is 0 Å². The van der Waals surface area contributed by atoms with E-state index in [1.807, 2.05) is 50.2 Å². The third-order valence-electron chi connectivity index (χ3n) is 5.52. The quantitative estimate of drug-likeness (QED) is 0.506. The van der Waals surface area contributed by atoms with E-state index in [-0.39, 0.29) is 24.4 Å². The van der Waals surface area contributed by atoms with Crippen LogP contribution in [0.25, 0.3) is 0 Å². The highest BCUT2D eigenvalue weighted by Gasteiger charge is 2.30. The normalized spacial score (nSPS) is 11.3. The largest absolute Gasteiger partial charge is 0.325 e. The molecule has 0 atom stereocenters. The molecule has 7 heteroatoms. The lowest BCUT2D eigenvalue weighted by Crippen LogP contribution is -2.38. The number of nitrogens with one attached hydrogen (secondary N) is 1. The molecule has 0 saturated heterocycles. The molecular formula is C27H29N3O3S. The van der Waals surface area contributed by atoms with E-state index in [2.05, 4.69) is 11.4 Å². The standard InChI is InChI=1S/C27H29N3O3S/c1-19-5-7-24(8-6-19)17-30(34(32,33)27-21(3)15-20(2)16-22(27)4)18-26(31)29-25-11-9-23(10-12-25)13-14-28/h5-12,15-16H,13,17-18H2,1-4H3,(H,29,31). The van der Waals surface area contributed by atoms with Crippen LogP contribution in [0.1, 0.15) is 33.4 Å². The van der Waals surface area contributed by atoms with Crippen molar-refractivity contribution in [1.29, 1.82) is 5.26 Å². The Morgan fingerprint density at radius 1 is 0.882 bits per heavy atom. The molecule has 0 aliphatic heterocycles. The van der Waals surface area contributed by atoms with Crippen LogP contribution >= 0.6 is 0 Å². The second-order valence-electron chi connectivity index (χ2n) is 8.57. The van der Waals surface area contributed by atoms with Gasteiger partial charge in [-0.1, -0.05) is 59.7 Å². The van der Waals surface area contributed by atoms with Crippen LogP contribution < -0.4 is 5.32 Å². The first kappa shape index (κ1) is 25.2. The van der Waals surface area contributed by atoms with Crippen molar-refractivity contribution < 1.29 is 13.2 Å². The lowest BCUT2D eigenvalue weighted by atomic mass is 10.1. The highest BCUT2D eigenvalue weighted by Crippen LogP contribution is 2.26. The number of nitriles is 1. The van der Waals surface area contributed by atoms with Gasteiger partial charge in [-0.2, -0.15) is 9.57 Å². The summed E-state index contributed by atoms with van der Waals surface area (Å²) < 4.78 is 28.8. The number of hydrogen-bond acceptors (Lipinski definition) is 4. The van der Waals surface area contributed by atoms with Gasteiger partial charge in [-0.3, -0.25) is 4.79 Å². The minimum Gasteiger partial charge on any atom is -0.325 e. The SMILES string of the molecule is Cc1ccc(CN(CC(=O)Nc2ccc(CC#N)cc2)S(=O)(=O)c2c(C)cc(C)cc2C)cc1. The van der Waals surface area contributed by atoms with Gasteiger partial charge < -0.3 is 5.32 Å². The Labute approximate surface area is 201 Å². The molecule has 0 fully saturated rings. The second-order valence-corrected chi connectivity index (χ2v) is 10.4. The Kier molecular flexibility index (Phi) is 7.87. The molecule has 1 N–H and O–H groups in total. The molecule has 0 unspecified atom stereocenters. The van der Waals surface area contributed by atoms with Crippen LogP contribution in [0.4, 0.5) is 5.69 Å². The van der Waals surface area contributed by atoms with E-state index in [0.29, 0.717) is 16.8 Å². The first-order valence-electron chi connectivity index (χ1n) is 11.0. The van der Waals surface area contributed by atoms with E-state index in [1.165, 1.54) is 4.31 Å². The summed E-state index contributed by atoms with van der Waals surface area (Å²) in [5.41, 5.74) is 5.54. The first-order chi connectivity index (χ1) is 16.1. The average Bonchev–Trinajstić information content (AvgIpc) is 2.75. The molecule has 0 aliphatic carbocycles. The lowest BCUT2D eigenvalue weighted by molar-refractivity contribution is -0.116. The molecule has 1 amide bonds. The number of hydrogen-bond donors (Lipinski definition) is 1. The molecule has 3 aromatic carbocycles. The van der Waals surface area contributed by atoms with Crippen LogP contribution in [0.5, 0.6) is 0 Å². The Morgan fingerprint density at radius 2 is 1.44 bits per heavy atom. The Bertz CT molecular complexity index is 1300. The molecule has 0 radical (unpaired) electrons. The minimum absolute atomic E-state index is 0.0733. The summed E-state index contributed by atoms with van der Waals surface area (Å²) in [4.78, 5) is 13.1. The summed E-state index contributed by atoms with van der Waals surface area (Å²) in [6.45, 7) is 7.19. The van der Waals surface area contributed by atoms with Crippen molar-refractivity contribution in [3.05, 3.63) is 94.0 Å². The number of benzene rings is 3. The van der Waals surface area contributed by atoms with Crippen LogP contribution in [-0.2, 0) is 27.8 Å². The molecule has 6 nitrogen and oxygen atoms in total. The maximum atomic E-state index is 13.8. The molecule has 0 spiro atoms. The third kappa shape index (κ3) is 6.10. The summed E-state index contributed by atoms with van der Waals surface area (Å²) >= 11 is 0. The lowest BCUT2D eigenvalue weighted by Gasteiger charge is -2.24. The number of rotatable bonds is 8. The summed E-state index contributed by atoms with van der Waals surface area (Å²) in [7, 11) is -3.95. The van der Waals surface area contributed by atoms with E-state index >= 15 is 0 Å². The van der Waals surface area contributed by atoms with E-state index in [0.717, 1.165) is 22.3 Å². The summed E-state index contributed by atoms with van der Waals surface area (Å²) in [6, 6.07) is 20.3. The molecule has 0 heterocycles. The van der Waals surface area contributed by atoms with Gasteiger partial charge in [0.2, 0.25) is 15.9 Å². The molecule has 34 heavy (non-hydrogen) atoms. The number of carbonyl (C=O) groups excluding carboxylic acids is 1. The summed E-state index contributed by atoms with van der Waals surface area (Å²) in [5, 5.41) is 11.6. The fourth-order valence-corrected chi connectivity index (χ4v) is 5.78. The van der Waals surface area contributed by atoms with Crippen LogP contribution in [0.3, 0.4) is 0 Å². The molecule has 176 valence electrons. The van der Waals surface area contributed by atoms with Gasteiger partial charge in [-0.05, 0) is 62.1 Å². The first-order valence-corrected chi connectivity index (χ1v) is 12.4. The van der Waals surface area contributed by atoms with Gasteiger partial charge in [0.25, 0.3) is 0 Å². The number of sulfonamides is 1. The zero-order valence-corrected chi connectivity index (χ0v) is 20.7. The molecular weight excluding hydrogens is 446 g/mol. The van der Waals surface area contributed by atoms with E-state index in [4.69, 9.17) is 5.26 Å². The number of nitrogens with zero attached hydrogens (tertiary/aromatic N) is 2. The predicted molar refractivity (Wildman–Crippen MR) is 134 cm³/mol. The maximum absolute atomic E-state index is 13.8. The Balaban J connectivity index is 1.91. The van der Waals surface area contributed by atoms with Crippen molar-refractivity contribution in [3.63, 3.8) is 0 Å². The van der Waals surface area contributed by atoms with Gasteiger partial charge in [0.05, 0.1) is 23.9 Å². The van der Waals surface area contributed by atoms with Gasteiger partial charge in [-0.15, -0.1) is 0 Å². The monoisotopic (exact) mass is 475 g/mol. The van der Waals surface area contributed by atoms with Gasteiger partial charge in [0.1, 0.15) is 0 Å². The second kappa shape index (κ2) is 10.6. The molecule has 0 bridgehead atoms. The molecule has 0 aliphatic rings. The van der Waals surface area contributed by atoms with Crippen molar-refractivity contribution in [1.82, 2.24) is 4.31 Å². The zero-order valence-electron chi connectivity index (χ0n) is 19.9. The summed E-state index contributed by atoms with van der Waals surface area (Å²) in [5.74, 6) is -0.439. The Hall–Kier alpha value is -3.47. The van der Waals surface area contributed by atoms with Crippen molar-refractivity contribution in [2.45, 2.75) is 45.6 Å². The fraction of sp³-hybridized carbons (Fsp3) is 0.259. The van der Waals surface area contributed by atoms with Crippen LogP contribution in [0.15, 0.2) is 65.6 Å².